The Hall–Kier alpha value is -1.24. The molecule has 0 bridgehead atoms. The Balaban J connectivity index is 1.96. The number of hydrogen-bond acceptors (Lipinski definition) is 1. The Morgan fingerprint density at radius 3 is 2.25 bits per heavy atom. The van der Waals surface area contributed by atoms with Crippen molar-refractivity contribution in [2.75, 3.05) is 0 Å². The highest BCUT2D eigenvalue weighted by Crippen LogP contribution is 2.36. The van der Waals surface area contributed by atoms with Crippen LogP contribution < -0.4 is 0 Å². The number of allylic oxidation sites excluding steroid dienone is 2. The summed E-state index contributed by atoms with van der Waals surface area (Å²) < 4.78 is 0. The predicted octanol–water partition coefficient (Wildman–Crippen LogP) is 4.24. The second-order valence-electron chi connectivity index (χ2n) is 4.73. The van der Waals surface area contributed by atoms with E-state index in [2.05, 4.69) is 31.2 Å². The lowest BCUT2D eigenvalue weighted by molar-refractivity contribution is 0.375. The summed E-state index contributed by atoms with van der Waals surface area (Å²) in [5, 5.41) is 9.26. The van der Waals surface area contributed by atoms with E-state index in [-0.39, 0.29) is 0 Å². The molecule has 0 aromatic heterocycles. The fourth-order valence-electron chi connectivity index (χ4n) is 2.66. The molecule has 0 amide bonds. The number of hydrogen-bond donors (Lipinski definition) is 1. The molecule has 1 aromatic rings. The highest BCUT2D eigenvalue weighted by molar-refractivity contribution is 5.28. The van der Waals surface area contributed by atoms with Gasteiger partial charge in [-0.15, -0.1) is 0 Å². The van der Waals surface area contributed by atoms with Gasteiger partial charge in [0.15, 0.2) is 0 Å². The van der Waals surface area contributed by atoms with E-state index in [9.17, 15) is 5.11 Å². The van der Waals surface area contributed by atoms with E-state index in [0.29, 0.717) is 11.7 Å². The fourth-order valence-corrected chi connectivity index (χ4v) is 2.66. The zero-order valence-corrected chi connectivity index (χ0v) is 9.89. The highest BCUT2D eigenvalue weighted by atomic mass is 16.3. The van der Waals surface area contributed by atoms with Crippen LogP contribution >= 0.6 is 0 Å². The lowest BCUT2D eigenvalue weighted by Gasteiger charge is -2.27. The quantitative estimate of drug-likeness (QED) is 0.733. The van der Waals surface area contributed by atoms with Crippen LogP contribution in [0, 0.1) is 5.92 Å². The molecule has 1 saturated carbocycles. The number of phenols is 1. The largest absolute Gasteiger partial charge is 0.508 e. The van der Waals surface area contributed by atoms with Crippen LogP contribution in [-0.4, -0.2) is 5.11 Å². The van der Waals surface area contributed by atoms with Crippen molar-refractivity contribution in [2.45, 2.75) is 38.5 Å². The average Bonchev–Trinajstić information content (AvgIpc) is 2.32. The Labute approximate surface area is 97.8 Å². The first-order valence-electron chi connectivity index (χ1n) is 6.21. The van der Waals surface area contributed by atoms with Crippen molar-refractivity contribution in [3.8, 4) is 5.75 Å². The number of aromatic hydroxyl groups is 1. The van der Waals surface area contributed by atoms with E-state index < -0.39 is 0 Å². The van der Waals surface area contributed by atoms with E-state index in [1.165, 1.54) is 31.2 Å². The third kappa shape index (κ3) is 2.66. The molecule has 86 valence electrons. The zero-order valence-electron chi connectivity index (χ0n) is 9.89. The van der Waals surface area contributed by atoms with E-state index in [0.717, 1.165) is 5.92 Å². The van der Waals surface area contributed by atoms with Crippen LogP contribution in [-0.2, 0) is 0 Å². The monoisotopic (exact) mass is 216 g/mol. The van der Waals surface area contributed by atoms with Crippen LogP contribution in [0.4, 0.5) is 0 Å². The third-order valence-corrected chi connectivity index (χ3v) is 3.60. The fraction of sp³-hybridized carbons (Fsp3) is 0.467. The van der Waals surface area contributed by atoms with Crippen LogP contribution in [0.5, 0.6) is 5.75 Å². The third-order valence-electron chi connectivity index (χ3n) is 3.60. The summed E-state index contributed by atoms with van der Waals surface area (Å²) in [5.74, 6) is 1.85. The van der Waals surface area contributed by atoms with Crippen molar-refractivity contribution in [3.05, 3.63) is 42.0 Å². The second-order valence-corrected chi connectivity index (χ2v) is 4.73. The highest BCUT2D eigenvalue weighted by Gasteiger charge is 2.20. The van der Waals surface area contributed by atoms with Crippen LogP contribution in [0.15, 0.2) is 36.4 Å². The van der Waals surface area contributed by atoms with Gasteiger partial charge in [-0.1, -0.05) is 24.3 Å². The lowest BCUT2D eigenvalue weighted by Crippen LogP contribution is -2.11. The van der Waals surface area contributed by atoms with Crippen LogP contribution in [0.2, 0.25) is 0 Å². The van der Waals surface area contributed by atoms with Crippen molar-refractivity contribution in [2.24, 2.45) is 5.92 Å². The SMILES string of the molecule is CC=CC1CCC(c2ccc(O)cc2)CC1. The molecule has 0 aliphatic heterocycles. The summed E-state index contributed by atoms with van der Waals surface area (Å²) in [6, 6.07) is 7.73. The van der Waals surface area contributed by atoms with Gasteiger partial charge in [0.25, 0.3) is 0 Å². The summed E-state index contributed by atoms with van der Waals surface area (Å²) in [6.07, 6.45) is 9.67. The summed E-state index contributed by atoms with van der Waals surface area (Å²) >= 11 is 0. The van der Waals surface area contributed by atoms with Crippen LogP contribution in [0.3, 0.4) is 0 Å². The van der Waals surface area contributed by atoms with Gasteiger partial charge >= 0.3 is 0 Å². The first-order valence-corrected chi connectivity index (χ1v) is 6.21. The first-order chi connectivity index (χ1) is 7.79. The van der Waals surface area contributed by atoms with Gasteiger partial charge in [0.2, 0.25) is 0 Å². The normalized spacial score (nSPS) is 26.1. The molecule has 1 heteroatoms. The van der Waals surface area contributed by atoms with Crippen molar-refractivity contribution < 1.29 is 5.11 Å². The van der Waals surface area contributed by atoms with Crippen molar-refractivity contribution in [1.82, 2.24) is 0 Å². The zero-order chi connectivity index (χ0) is 11.4. The van der Waals surface area contributed by atoms with Gasteiger partial charge in [-0.3, -0.25) is 0 Å². The summed E-state index contributed by atoms with van der Waals surface area (Å²) in [4.78, 5) is 0. The van der Waals surface area contributed by atoms with Gasteiger partial charge in [-0.2, -0.15) is 0 Å². The summed E-state index contributed by atoms with van der Waals surface area (Å²) in [7, 11) is 0. The average molecular weight is 216 g/mol. The van der Waals surface area contributed by atoms with Gasteiger partial charge in [-0.05, 0) is 62.1 Å². The maximum absolute atomic E-state index is 9.26. The van der Waals surface area contributed by atoms with Crippen LogP contribution in [0.1, 0.15) is 44.1 Å². The maximum Gasteiger partial charge on any atom is 0.115 e. The first kappa shape index (κ1) is 11.3. The molecule has 16 heavy (non-hydrogen) atoms. The molecular formula is C15H20O. The molecule has 1 aromatic carbocycles. The van der Waals surface area contributed by atoms with E-state index in [1.54, 1.807) is 12.1 Å². The Morgan fingerprint density at radius 2 is 1.69 bits per heavy atom. The Bertz CT molecular complexity index is 342. The molecule has 0 radical (unpaired) electrons. The maximum atomic E-state index is 9.26. The molecule has 1 aliphatic carbocycles. The topological polar surface area (TPSA) is 20.2 Å². The Kier molecular flexibility index (Phi) is 3.66. The van der Waals surface area contributed by atoms with Gasteiger partial charge < -0.3 is 5.11 Å². The molecular weight excluding hydrogens is 196 g/mol. The molecule has 1 aliphatic rings. The molecule has 0 atom stereocenters. The molecule has 0 spiro atoms. The molecule has 2 rings (SSSR count). The summed E-state index contributed by atoms with van der Waals surface area (Å²) in [6.45, 7) is 2.10. The standard InChI is InChI=1S/C15H20O/c1-2-3-12-4-6-13(7-5-12)14-8-10-15(16)11-9-14/h2-3,8-13,16H,4-7H2,1H3. The molecule has 1 fully saturated rings. The molecule has 0 heterocycles. The Morgan fingerprint density at radius 1 is 1.06 bits per heavy atom. The smallest absolute Gasteiger partial charge is 0.115 e. The summed E-state index contributed by atoms with van der Waals surface area (Å²) in [5.41, 5.74) is 1.39. The van der Waals surface area contributed by atoms with Crippen molar-refractivity contribution >= 4 is 0 Å². The molecule has 1 N–H and O–H groups in total. The van der Waals surface area contributed by atoms with Gasteiger partial charge in [-0.25, -0.2) is 0 Å². The van der Waals surface area contributed by atoms with Crippen LogP contribution in [0.25, 0.3) is 0 Å². The van der Waals surface area contributed by atoms with E-state index >= 15 is 0 Å². The minimum atomic E-state index is 0.367. The van der Waals surface area contributed by atoms with Gasteiger partial charge in [0, 0.05) is 0 Å². The lowest BCUT2D eigenvalue weighted by atomic mass is 9.78. The molecule has 1 nitrogen and oxygen atoms in total. The van der Waals surface area contributed by atoms with E-state index in [4.69, 9.17) is 0 Å². The van der Waals surface area contributed by atoms with Crippen molar-refractivity contribution in [3.63, 3.8) is 0 Å². The number of rotatable bonds is 2. The predicted molar refractivity (Wildman–Crippen MR) is 67.6 cm³/mol. The van der Waals surface area contributed by atoms with Gasteiger partial charge in [0.05, 0.1) is 0 Å². The molecule has 0 saturated heterocycles. The van der Waals surface area contributed by atoms with E-state index in [1.807, 2.05) is 0 Å². The molecule has 0 unspecified atom stereocenters. The minimum Gasteiger partial charge on any atom is -0.508 e. The van der Waals surface area contributed by atoms with Gasteiger partial charge in [0.1, 0.15) is 5.75 Å². The second kappa shape index (κ2) is 5.20. The number of phenolic OH excluding ortho intramolecular Hbond substituents is 1. The minimum absolute atomic E-state index is 0.367. The van der Waals surface area contributed by atoms with Crippen molar-refractivity contribution in [1.29, 1.82) is 0 Å². The number of benzene rings is 1.